The molecule has 0 saturated heterocycles. The molecule has 1 unspecified atom stereocenters. The van der Waals surface area contributed by atoms with E-state index in [0.29, 0.717) is 0 Å². The van der Waals surface area contributed by atoms with E-state index in [2.05, 4.69) is 29.3 Å². The van der Waals surface area contributed by atoms with Gasteiger partial charge in [-0.15, -0.1) is 0 Å². The summed E-state index contributed by atoms with van der Waals surface area (Å²) in [4.78, 5) is 0. The summed E-state index contributed by atoms with van der Waals surface area (Å²) in [5.74, 6) is 4.31. The molecule has 0 nitrogen and oxygen atoms in total. The van der Waals surface area contributed by atoms with Crippen molar-refractivity contribution in [2.75, 3.05) is 0 Å². The van der Waals surface area contributed by atoms with Crippen LogP contribution in [-0.4, -0.2) is 5.54 Å². The Morgan fingerprint density at radius 2 is 2.29 bits per heavy atom. The molecule has 7 heavy (non-hydrogen) atoms. The van der Waals surface area contributed by atoms with Gasteiger partial charge < -0.3 is 0 Å². The maximum atomic E-state index is 2.25. The zero-order chi connectivity index (χ0) is 4.95. The Morgan fingerprint density at radius 1 is 1.29 bits per heavy atom. The first kappa shape index (κ1) is 5.22. The molecule has 0 aromatic carbocycles. The molecule has 0 saturated carbocycles. The molecule has 1 heterocycles. The molecule has 0 amide bonds. The van der Waals surface area contributed by atoms with E-state index in [4.69, 9.17) is 0 Å². The standard InChI is InChI=1S/C5H6P2/c1-2-4-7-5-6-3-1/h1-6H. The molecule has 0 fully saturated rings. The summed E-state index contributed by atoms with van der Waals surface area (Å²) in [5, 5.41) is 0. The predicted molar refractivity (Wildman–Crippen MR) is 39.6 cm³/mol. The van der Waals surface area contributed by atoms with Crippen molar-refractivity contribution in [2.24, 2.45) is 0 Å². The quantitative estimate of drug-likeness (QED) is 0.439. The van der Waals surface area contributed by atoms with E-state index in [-0.39, 0.29) is 0 Å². The molecule has 1 aliphatic rings. The average molecular weight is 128 g/mol. The average Bonchev–Trinajstić information content (AvgIpc) is 1.90. The predicted octanol–water partition coefficient (Wildman–Crippen LogP) is 2.41. The van der Waals surface area contributed by atoms with E-state index in [1.165, 1.54) is 8.20 Å². The van der Waals surface area contributed by atoms with Gasteiger partial charge in [0.2, 0.25) is 0 Å². The zero-order valence-corrected chi connectivity index (χ0v) is 5.73. The van der Waals surface area contributed by atoms with Crippen LogP contribution in [0, 0.1) is 0 Å². The van der Waals surface area contributed by atoms with Gasteiger partial charge in [-0.25, -0.2) is 0 Å². The summed E-state index contributed by atoms with van der Waals surface area (Å²) in [5.41, 5.74) is 2.25. The summed E-state index contributed by atoms with van der Waals surface area (Å²) in [6.45, 7) is 0. The van der Waals surface area contributed by atoms with Crippen LogP contribution in [0.2, 0.25) is 0 Å². The third-order valence-electron chi connectivity index (χ3n) is 0.625. The largest absolute Gasteiger partial charge is 0.0759 e. The first-order valence-corrected chi connectivity index (χ1v) is 4.28. The topological polar surface area (TPSA) is 0 Å². The fourth-order valence-electron chi connectivity index (χ4n) is 0.340. The van der Waals surface area contributed by atoms with Gasteiger partial charge in [0.15, 0.2) is 0 Å². The summed E-state index contributed by atoms with van der Waals surface area (Å²) >= 11 is 0. The lowest BCUT2D eigenvalue weighted by atomic mass is 10.6. The Bertz CT molecular complexity index is 108. The van der Waals surface area contributed by atoms with Crippen LogP contribution in [-0.2, 0) is 0 Å². The van der Waals surface area contributed by atoms with Gasteiger partial charge in [0.05, 0.1) is 0 Å². The Balaban J connectivity index is 2.60. The Labute approximate surface area is 46.9 Å². The van der Waals surface area contributed by atoms with Gasteiger partial charge in [-0.2, -0.15) is 0 Å². The van der Waals surface area contributed by atoms with E-state index in [9.17, 15) is 0 Å². The highest BCUT2D eigenvalue weighted by atomic mass is 31.1. The van der Waals surface area contributed by atoms with E-state index in [1.54, 1.807) is 0 Å². The van der Waals surface area contributed by atoms with Crippen molar-refractivity contribution in [2.45, 2.75) is 0 Å². The number of hydrogen-bond acceptors (Lipinski definition) is 0. The van der Waals surface area contributed by atoms with Crippen molar-refractivity contribution >= 4 is 22.3 Å². The molecule has 0 aliphatic carbocycles. The molecule has 36 valence electrons. The van der Waals surface area contributed by atoms with Crippen molar-refractivity contribution in [3.63, 3.8) is 0 Å². The van der Waals surface area contributed by atoms with E-state index < -0.39 is 0 Å². The van der Waals surface area contributed by atoms with Gasteiger partial charge in [0.25, 0.3) is 0 Å². The smallest absolute Gasteiger partial charge is 0.0320 e. The van der Waals surface area contributed by atoms with E-state index >= 15 is 0 Å². The maximum Gasteiger partial charge on any atom is -0.0320 e. The summed E-state index contributed by atoms with van der Waals surface area (Å²) in [6.07, 6.45) is 4.17. The van der Waals surface area contributed by atoms with Crippen LogP contribution in [0.3, 0.4) is 0 Å². The highest BCUT2D eigenvalue weighted by Crippen LogP contribution is 2.15. The van der Waals surface area contributed by atoms with Crippen LogP contribution in [0.25, 0.3) is 0 Å². The summed E-state index contributed by atoms with van der Waals surface area (Å²) in [7, 11) is 2.26. The number of hydrogen-bond donors (Lipinski definition) is 0. The lowest BCUT2D eigenvalue weighted by molar-refractivity contribution is 2.10. The van der Waals surface area contributed by atoms with Gasteiger partial charge in [-0.1, -0.05) is 34.8 Å². The van der Waals surface area contributed by atoms with E-state index in [0.717, 1.165) is 8.58 Å². The lowest BCUT2D eigenvalue weighted by Gasteiger charge is -1.69. The molecule has 1 aliphatic heterocycles. The fraction of sp³-hybridized carbons (Fsp3) is 0. The minimum Gasteiger partial charge on any atom is -0.0759 e. The van der Waals surface area contributed by atoms with Gasteiger partial charge in [-0.3, -0.25) is 0 Å². The molecule has 0 aromatic rings. The monoisotopic (exact) mass is 128 g/mol. The molecule has 0 aromatic heterocycles. The molecule has 0 spiro atoms. The van der Waals surface area contributed by atoms with Crippen LogP contribution in [0.4, 0.5) is 0 Å². The van der Waals surface area contributed by atoms with Crippen LogP contribution in [0.1, 0.15) is 0 Å². The second kappa shape index (κ2) is 3.13. The van der Waals surface area contributed by atoms with Crippen LogP contribution >= 0.6 is 16.8 Å². The molecule has 0 N–H and O–H groups in total. The molecular weight excluding hydrogens is 122 g/mol. The van der Waals surface area contributed by atoms with Crippen LogP contribution in [0.5, 0.6) is 0 Å². The number of allylic oxidation sites excluding steroid dienone is 2. The van der Waals surface area contributed by atoms with E-state index in [1.807, 2.05) is 0 Å². The second-order valence-electron chi connectivity index (χ2n) is 1.15. The van der Waals surface area contributed by atoms with Crippen LogP contribution < -0.4 is 0 Å². The SMILES string of the molecule is C1=CP=CPC=C1. The second-order valence-corrected chi connectivity index (χ2v) is 3.44. The minimum absolute atomic E-state index is 0.914. The Hall–Kier alpha value is 0.0800. The maximum absolute atomic E-state index is 2.25. The fourth-order valence-corrected chi connectivity index (χ4v) is 1.79. The first-order valence-electron chi connectivity index (χ1n) is 2.09. The third kappa shape index (κ3) is 2.02. The van der Waals surface area contributed by atoms with Gasteiger partial charge in [-0.05, 0) is 11.4 Å². The first-order chi connectivity index (χ1) is 3.50. The van der Waals surface area contributed by atoms with Crippen molar-refractivity contribution < 1.29 is 0 Å². The van der Waals surface area contributed by atoms with Gasteiger partial charge >= 0.3 is 0 Å². The molecule has 1 rings (SSSR count). The lowest BCUT2D eigenvalue weighted by Crippen LogP contribution is -1.36. The molecule has 1 atom stereocenters. The molecule has 2 heteroatoms. The number of rotatable bonds is 0. The van der Waals surface area contributed by atoms with Gasteiger partial charge in [0.1, 0.15) is 0 Å². The van der Waals surface area contributed by atoms with Crippen molar-refractivity contribution in [1.29, 1.82) is 0 Å². The zero-order valence-electron chi connectivity index (χ0n) is 3.83. The highest BCUT2D eigenvalue weighted by Gasteiger charge is 1.71. The molecule has 0 radical (unpaired) electrons. The molecular formula is C5H6P2. The summed E-state index contributed by atoms with van der Waals surface area (Å²) < 4.78 is 0. The Kier molecular flexibility index (Phi) is 2.33. The van der Waals surface area contributed by atoms with Crippen molar-refractivity contribution in [3.8, 4) is 0 Å². The summed E-state index contributed by atoms with van der Waals surface area (Å²) in [6, 6.07) is 0. The normalized spacial score (nSPS) is 22.9. The van der Waals surface area contributed by atoms with Crippen molar-refractivity contribution in [1.82, 2.24) is 0 Å². The molecule has 0 bridgehead atoms. The Morgan fingerprint density at radius 3 is 3.29 bits per heavy atom. The van der Waals surface area contributed by atoms with Gasteiger partial charge in [0, 0.05) is 0 Å². The third-order valence-corrected chi connectivity index (χ3v) is 2.55. The van der Waals surface area contributed by atoms with Crippen molar-refractivity contribution in [3.05, 3.63) is 23.8 Å². The van der Waals surface area contributed by atoms with Crippen LogP contribution in [0.15, 0.2) is 23.8 Å². The minimum atomic E-state index is 0.914. The highest BCUT2D eigenvalue weighted by molar-refractivity contribution is 7.72.